The van der Waals surface area contributed by atoms with E-state index in [2.05, 4.69) is 5.10 Å². The summed E-state index contributed by atoms with van der Waals surface area (Å²) in [6, 6.07) is 6.74. The average molecular weight is 384 g/mol. The minimum atomic E-state index is -3.91. The van der Waals surface area contributed by atoms with Gasteiger partial charge in [0.25, 0.3) is 0 Å². The van der Waals surface area contributed by atoms with Crippen LogP contribution in [-0.2, 0) is 10.6 Å². The second-order valence-electron chi connectivity index (χ2n) is 5.38. The number of fused-ring (bicyclic) bond motifs is 1. The van der Waals surface area contributed by atoms with Crippen LogP contribution in [0, 0.1) is 23.3 Å². The molecule has 0 aliphatic carbocycles. The first-order valence-electron chi connectivity index (χ1n) is 7.12. The maximum atomic E-state index is 14.3. The Kier molecular flexibility index (Phi) is 4.20. The van der Waals surface area contributed by atoms with E-state index < -0.39 is 57.1 Å². The number of aromatic nitrogens is 2. The number of para-hydroxylation sites is 1. The van der Waals surface area contributed by atoms with Crippen LogP contribution in [0.2, 0.25) is 0 Å². The second kappa shape index (κ2) is 6.14. The third-order valence-electron chi connectivity index (χ3n) is 3.73. The highest BCUT2D eigenvalue weighted by Crippen LogP contribution is 2.27. The highest BCUT2D eigenvalue weighted by Gasteiger charge is 2.42. The van der Waals surface area contributed by atoms with Gasteiger partial charge in [0.1, 0.15) is 5.52 Å². The Labute approximate surface area is 146 Å². The predicted molar refractivity (Wildman–Crippen MR) is 80.9 cm³/mol. The lowest BCUT2D eigenvalue weighted by Gasteiger charge is -2.19. The van der Waals surface area contributed by atoms with Gasteiger partial charge in [0.05, 0.1) is 11.1 Å². The number of rotatable bonds is 3. The lowest BCUT2D eigenvalue weighted by atomic mass is 10.1. The first-order chi connectivity index (χ1) is 12.6. The monoisotopic (exact) mass is 384 g/mol. The zero-order valence-corrected chi connectivity index (χ0v) is 13.0. The summed E-state index contributed by atoms with van der Waals surface area (Å²) in [6.07, 6.45) is 0. The summed E-state index contributed by atoms with van der Waals surface area (Å²) in [4.78, 5) is 23.4. The molecule has 0 unspecified atom stereocenters. The molecule has 0 radical (unpaired) electrons. The number of nitrogens with zero attached hydrogens (tertiary/aromatic N) is 2. The molecule has 0 spiro atoms. The van der Waals surface area contributed by atoms with Crippen molar-refractivity contribution < 1.29 is 37.7 Å². The Balaban J connectivity index is 2.63. The predicted octanol–water partition coefficient (Wildman–Crippen LogP) is 1.16. The minimum Gasteiger partial charge on any atom is -0.477 e. The molecule has 1 heterocycles. The van der Waals surface area contributed by atoms with E-state index >= 15 is 0 Å². The minimum absolute atomic E-state index is 0.130. The van der Waals surface area contributed by atoms with Crippen molar-refractivity contribution in [1.29, 1.82) is 0 Å². The van der Waals surface area contributed by atoms with Crippen LogP contribution in [0.4, 0.5) is 17.6 Å². The third-order valence-corrected chi connectivity index (χ3v) is 3.73. The molecule has 0 saturated heterocycles. The molecule has 0 saturated carbocycles. The molecule has 3 aromatic rings. The van der Waals surface area contributed by atoms with Gasteiger partial charge in [-0.1, -0.05) is 18.2 Å². The first kappa shape index (κ1) is 18.5. The molecule has 3 N–H and O–H groups in total. The van der Waals surface area contributed by atoms with E-state index in [0.717, 1.165) is 0 Å². The molecule has 27 heavy (non-hydrogen) atoms. The number of aliphatic carboxylic acids is 1. The number of hydrogen-bond acceptors (Lipinski definition) is 5. The molecule has 1 aromatic heterocycles. The molecular weight excluding hydrogens is 376 g/mol. The summed E-state index contributed by atoms with van der Waals surface area (Å²) in [7, 11) is 0. The van der Waals surface area contributed by atoms with Gasteiger partial charge in [0, 0.05) is 0 Å². The van der Waals surface area contributed by atoms with Crippen LogP contribution in [0.15, 0.2) is 35.1 Å². The van der Waals surface area contributed by atoms with Crippen molar-refractivity contribution in [3.05, 3.63) is 69.5 Å². The van der Waals surface area contributed by atoms with Crippen molar-refractivity contribution in [2.75, 3.05) is 0 Å². The number of benzene rings is 2. The topological polar surface area (TPSA) is 113 Å². The Morgan fingerprint density at radius 3 is 2.07 bits per heavy atom. The largest absolute Gasteiger partial charge is 0.477 e. The number of carboxylic acid groups (broad SMARTS) is 1. The van der Waals surface area contributed by atoms with Gasteiger partial charge in [-0.25, -0.2) is 27.0 Å². The van der Waals surface area contributed by atoms with E-state index in [9.17, 15) is 37.4 Å². The Morgan fingerprint density at radius 1 is 0.963 bits per heavy atom. The third kappa shape index (κ3) is 2.64. The number of hydrogen-bond donors (Lipinski definition) is 3. The lowest BCUT2D eigenvalue weighted by Crippen LogP contribution is -2.42. The molecule has 0 aliphatic heterocycles. The molecule has 0 aliphatic rings. The maximum Gasteiger partial charge on any atom is 0.371 e. The SMILES string of the molecule is O=C(O)C(O)(O)c1nn(-c2ccccc2)c2c(F)c(F)c(F)c(F)c2c1=O. The Hall–Kier alpha value is -3.31. The smallest absolute Gasteiger partial charge is 0.371 e. The van der Waals surface area contributed by atoms with Gasteiger partial charge in [-0.3, -0.25) is 4.79 Å². The number of aliphatic hydroxyl groups is 2. The highest BCUT2D eigenvalue weighted by atomic mass is 19.2. The van der Waals surface area contributed by atoms with Crippen LogP contribution < -0.4 is 5.43 Å². The van der Waals surface area contributed by atoms with Crippen LogP contribution in [0.3, 0.4) is 0 Å². The standard InChI is InChI=1S/C16H8F4N2O5/c17-8-7-12(11(20)10(19)9(8)18)22(6-4-2-1-3-5-6)21-14(13(7)23)16(26,27)15(24)25/h1-5,26-27H,(H,24,25). The summed E-state index contributed by atoms with van der Waals surface area (Å²) in [6.45, 7) is 0. The van der Waals surface area contributed by atoms with Crippen molar-refractivity contribution in [3.8, 4) is 5.69 Å². The van der Waals surface area contributed by atoms with Gasteiger partial charge in [0.2, 0.25) is 5.43 Å². The number of carboxylic acids is 1. The summed E-state index contributed by atoms with van der Waals surface area (Å²) in [5.41, 5.74) is -4.66. The molecular formula is C16H8F4N2O5. The quantitative estimate of drug-likeness (QED) is 0.270. The van der Waals surface area contributed by atoms with Gasteiger partial charge in [-0.15, -0.1) is 0 Å². The molecule has 2 aromatic carbocycles. The molecule has 0 atom stereocenters. The van der Waals surface area contributed by atoms with E-state index in [-0.39, 0.29) is 5.69 Å². The summed E-state index contributed by atoms with van der Waals surface area (Å²) < 4.78 is 56.2. The fourth-order valence-corrected chi connectivity index (χ4v) is 2.43. The van der Waals surface area contributed by atoms with E-state index in [1.165, 1.54) is 30.3 Å². The Morgan fingerprint density at radius 2 is 1.52 bits per heavy atom. The van der Waals surface area contributed by atoms with E-state index in [1.807, 2.05) is 0 Å². The Bertz CT molecular complexity index is 1150. The van der Waals surface area contributed by atoms with Gasteiger partial charge >= 0.3 is 11.8 Å². The van der Waals surface area contributed by atoms with E-state index in [0.29, 0.717) is 4.68 Å². The summed E-state index contributed by atoms with van der Waals surface area (Å²) in [5.74, 6) is -14.9. The van der Waals surface area contributed by atoms with E-state index in [1.54, 1.807) is 0 Å². The number of carbonyl (C=O) groups is 1. The van der Waals surface area contributed by atoms with Crippen molar-refractivity contribution in [2.45, 2.75) is 5.79 Å². The van der Waals surface area contributed by atoms with Crippen molar-refractivity contribution >= 4 is 16.9 Å². The maximum absolute atomic E-state index is 14.3. The molecule has 0 fully saturated rings. The molecule has 140 valence electrons. The van der Waals surface area contributed by atoms with Crippen molar-refractivity contribution in [2.24, 2.45) is 0 Å². The molecule has 11 heteroatoms. The van der Waals surface area contributed by atoms with Crippen LogP contribution >= 0.6 is 0 Å². The molecule has 0 bridgehead atoms. The van der Waals surface area contributed by atoms with Crippen LogP contribution in [0.5, 0.6) is 0 Å². The van der Waals surface area contributed by atoms with Gasteiger partial charge < -0.3 is 15.3 Å². The number of halogens is 4. The van der Waals surface area contributed by atoms with Gasteiger partial charge in [-0.2, -0.15) is 5.10 Å². The zero-order valence-electron chi connectivity index (χ0n) is 13.0. The fraction of sp³-hybridized carbons (Fsp3) is 0.0625. The normalized spacial score (nSPS) is 11.8. The van der Waals surface area contributed by atoms with Gasteiger partial charge in [0.15, 0.2) is 29.0 Å². The second-order valence-corrected chi connectivity index (χ2v) is 5.38. The van der Waals surface area contributed by atoms with Crippen molar-refractivity contribution in [3.63, 3.8) is 0 Å². The van der Waals surface area contributed by atoms with Crippen molar-refractivity contribution in [1.82, 2.24) is 9.78 Å². The van der Waals surface area contributed by atoms with Crippen LogP contribution in [0.1, 0.15) is 5.69 Å². The van der Waals surface area contributed by atoms with Crippen LogP contribution in [-0.4, -0.2) is 31.1 Å². The van der Waals surface area contributed by atoms with Crippen LogP contribution in [0.25, 0.3) is 16.6 Å². The van der Waals surface area contributed by atoms with E-state index in [4.69, 9.17) is 5.11 Å². The van der Waals surface area contributed by atoms with Gasteiger partial charge in [-0.05, 0) is 12.1 Å². The molecule has 3 rings (SSSR count). The summed E-state index contributed by atoms with van der Waals surface area (Å²) in [5, 5.41) is 30.1. The average Bonchev–Trinajstić information content (AvgIpc) is 2.64. The zero-order chi connectivity index (χ0) is 20.1. The lowest BCUT2D eigenvalue weighted by molar-refractivity contribution is -0.210. The summed E-state index contributed by atoms with van der Waals surface area (Å²) >= 11 is 0. The first-order valence-corrected chi connectivity index (χ1v) is 7.12. The molecule has 0 amide bonds. The highest BCUT2D eigenvalue weighted by molar-refractivity contribution is 5.84. The molecule has 7 nitrogen and oxygen atoms in total. The fourth-order valence-electron chi connectivity index (χ4n) is 2.43.